The molecule has 0 spiro atoms. The third-order valence-corrected chi connectivity index (χ3v) is 5.17. The van der Waals surface area contributed by atoms with Crippen molar-refractivity contribution in [2.45, 2.75) is 13.8 Å². The second-order valence-electron chi connectivity index (χ2n) is 6.62. The van der Waals surface area contributed by atoms with Gasteiger partial charge < -0.3 is 19.6 Å². The summed E-state index contributed by atoms with van der Waals surface area (Å²) in [5.74, 6) is -1.67. The molecular formula is C22H20Cl2N2O7. The Morgan fingerprint density at radius 3 is 2.18 bits per heavy atom. The van der Waals surface area contributed by atoms with E-state index in [2.05, 4.69) is 9.72 Å². The fourth-order valence-corrected chi connectivity index (χ4v) is 3.67. The van der Waals surface area contributed by atoms with E-state index in [4.69, 9.17) is 27.9 Å². The highest BCUT2D eigenvalue weighted by Crippen LogP contribution is 2.34. The lowest BCUT2D eigenvalue weighted by atomic mass is 10.0. The number of H-pyrrole nitrogens is 1. The molecule has 2 N–H and O–H groups in total. The molecular weight excluding hydrogens is 475 g/mol. The molecule has 0 saturated heterocycles. The number of fused-ring (bicyclic) bond motifs is 1. The summed E-state index contributed by atoms with van der Waals surface area (Å²) < 4.78 is 9.20. The minimum Gasteiger partial charge on any atom is -0.512 e. The number of rotatable bonds is 4. The molecule has 0 aliphatic carbocycles. The molecule has 0 aliphatic heterocycles. The number of benzene rings is 2. The van der Waals surface area contributed by atoms with Crippen LogP contribution >= 0.6 is 23.2 Å². The van der Waals surface area contributed by atoms with Crippen LogP contribution in [0.1, 0.15) is 28.5 Å². The van der Waals surface area contributed by atoms with Crippen LogP contribution in [0, 0.1) is 17.0 Å². The fraction of sp³-hybridized carbons (Fsp3) is 0.182. The lowest BCUT2D eigenvalue weighted by molar-refractivity contribution is -0.385. The first kappa shape index (κ1) is 25.7. The van der Waals surface area contributed by atoms with Crippen LogP contribution in [-0.2, 0) is 14.3 Å². The van der Waals surface area contributed by atoms with Gasteiger partial charge in [0.05, 0.1) is 40.3 Å². The third kappa shape index (κ3) is 5.44. The molecule has 0 amide bonds. The van der Waals surface area contributed by atoms with Gasteiger partial charge in [-0.3, -0.25) is 10.1 Å². The standard InChI is InChI=1S/C11H10ClNO5.C11H10ClNO2/c1-6(14)9(11(15)18-2)10-7(12)4-3-5-8(10)13(16)17;1-6-9(11(14)15-2)10-7(12)4-3-5-8(10)13-6/h3-5,14H,1-2H3;3-5,13H,1-2H3/b9-6+;. The van der Waals surface area contributed by atoms with Crippen LogP contribution in [0.5, 0.6) is 0 Å². The summed E-state index contributed by atoms with van der Waals surface area (Å²) in [5.41, 5.74) is 1.27. The van der Waals surface area contributed by atoms with Crippen molar-refractivity contribution in [3.05, 3.63) is 79.1 Å². The largest absolute Gasteiger partial charge is 0.512 e. The smallest absolute Gasteiger partial charge is 0.342 e. The number of ether oxygens (including phenoxy) is 2. The fourth-order valence-electron chi connectivity index (χ4n) is 3.14. The molecule has 1 heterocycles. The zero-order valence-electron chi connectivity index (χ0n) is 18.1. The van der Waals surface area contributed by atoms with Gasteiger partial charge in [0.1, 0.15) is 11.3 Å². The van der Waals surface area contributed by atoms with Gasteiger partial charge in [-0.15, -0.1) is 0 Å². The average molecular weight is 495 g/mol. The van der Waals surface area contributed by atoms with Gasteiger partial charge in [-0.05, 0) is 32.0 Å². The quantitative estimate of drug-likeness (QED) is 0.158. The zero-order chi connectivity index (χ0) is 24.9. The summed E-state index contributed by atoms with van der Waals surface area (Å²) in [5, 5.41) is 21.7. The number of aliphatic hydroxyl groups excluding tert-OH is 1. The maximum absolute atomic E-state index is 11.6. The van der Waals surface area contributed by atoms with Gasteiger partial charge in [-0.2, -0.15) is 0 Å². The monoisotopic (exact) mass is 494 g/mol. The van der Waals surface area contributed by atoms with E-state index in [1.807, 2.05) is 19.1 Å². The van der Waals surface area contributed by atoms with Crippen molar-refractivity contribution in [1.82, 2.24) is 4.98 Å². The van der Waals surface area contributed by atoms with E-state index in [-0.39, 0.29) is 27.8 Å². The number of hydrogen-bond donors (Lipinski definition) is 2. The molecule has 3 aromatic rings. The number of aromatic amines is 1. The number of nitro benzene ring substituents is 1. The molecule has 0 unspecified atom stereocenters. The highest BCUT2D eigenvalue weighted by atomic mass is 35.5. The Kier molecular flexibility index (Phi) is 8.44. The van der Waals surface area contributed by atoms with E-state index >= 15 is 0 Å². The number of aryl methyl sites for hydroxylation is 1. The number of carbonyl (C=O) groups excluding carboxylic acids is 2. The Labute approximate surface area is 198 Å². The number of nitrogens with one attached hydrogen (secondary N) is 1. The predicted molar refractivity (Wildman–Crippen MR) is 125 cm³/mol. The van der Waals surface area contributed by atoms with Crippen molar-refractivity contribution >= 4 is 57.3 Å². The van der Waals surface area contributed by atoms with E-state index in [0.717, 1.165) is 23.7 Å². The van der Waals surface area contributed by atoms with Crippen LogP contribution in [0.4, 0.5) is 5.69 Å². The molecule has 0 fully saturated rings. The number of aromatic nitrogens is 1. The second kappa shape index (κ2) is 10.8. The Hall–Kier alpha value is -3.56. The van der Waals surface area contributed by atoms with Crippen molar-refractivity contribution in [3.8, 4) is 0 Å². The van der Waals surface area contributed by atoms with Crippen molar-refractivity contribution in [2.24, 2.45) is 0 Å². The summed E-state index contributed by atoms with van der Waals surface area (Å²) in [7, 11) is 2.46. The minimum atomic E-state index is -0.897. The van der Waals surface area contributed by atoms with Crippen molar-refractivity contribution in [1.29, 1.82) is 0 Å². The summed E-state index contributed by atoms with van der Waals surface area (Å²) in [6, 6.07) is 9.42. The Bertz CT molecular complexity index is 1260. The molecule has 0 saturated carbocycles. The van der Waals surface area contributed by atoms with Crippen molar-refractivity contribution in [2.75, 3.05) is 14.2 Å². The second-order valence-corrected chi connectivity index (χ2v) is 7.44. The lowest BCUT2D eigenvalue weighted by Gasteiger charge is -2.09. The van der Waals surface area contributed by atoms with Gasteiger partial charge in [0.25, 0.3) is 5.69 Å². The molecule has 1 aromatic heterocycles. The van der Waals surface area contributed by atoms with Crippen molar-refractivity contribution in [3.63, 3.8) is 0 Å². The molecule has 33 heavy (non-hydrogen) atoms. The highest BCUT2D eigenvalue weighted by molar-refractivity contribution is 6.37. The molecule has 0 aliphatic rings. The van der Waals surface area contributed by atoms with Gasteiger partial charge in [-0.1, -0.05) is 35.3 Å². The van der Waals surface area contributed by atoms with E-state index in [0.29, 0.717) is 10.6 Å². The molecule has 0 atom stereocenters. The molecule has 0 radical (unpaired) electrons. The summed E-state index contributed by atoms with van der Waals surface area (Å²) in [4.78, 5) is 36.4. The molecule has 174 valence electrons. The number of nitrogens with zero attached hydrogens (tertiary/aromatic N) is 1. The number of esters is 2. The number of allylic oxidation sites excluding steroid dienone is 1. The van der Waals surface area contributed by atoms with Gasteiger partial charge in [0.2, 0.25) is 0 Å². The van der Waals surface area contributed by atoms with Gasteiger partial charge in [0.15, 0.2) is 0 Å². The van der Waals surface area contributed by atoms with Crippen LogP contribution in [0.25, 0.3) is 16.5 Å². The number of hydrogen-bond acceptors (Lipinski definition) is 7. The summed E-state index contributed by atoms with van der Waals surface area (Å²) >= 11 is 11.9. The van der Waals surface area contributed by atoms with E-state index in [1.165, 1.54) is 32.2 Å². The minimum absolute atomic E-state index is 0.0157. The average Bonchev–Trinajstić information content (AvgIpc) is 3.11. The van der Waals surface area contributed by atoms with Gasteiger partial charge in [0, 0.05) is 22.7 Å². The van der Waals surface area contributed by atoms with Crippen LogP contribution in [0.3, 0.4) is 0 Å². The highest BCUT2D eigenvalue weighted by Gasteiger charge is 2.27. The molecule has 11 heteroatoms. The molecule has 3 rings (SSSR count). The number of nitro groups is 1. The number of halogens is 2. The SMILES string of the molecule is COC(=O)/C(=C(\C)O)c1c(Cl)cccc1[N+](=O)[O-].COC(=O)c1c(C)[nH]c2cccc(Cl)c12. The Balaban J connectivity index is 0.000000237. The molecule has 2 aromatic carbocycles. The molecule has 0 bridgehead atoms. The van der Waals surface area contributed by atoms with Crippen LogP contribution in [0.15, 0.2) is 42.2 Å². The maximum Gasteiger partial charge on any atom is 0.342 e. The Morgan fingerprint density at radius 2 is 1.64 bits per heavy atom. The van der Waals surface area contributed by atoms with E-state index in [1.54, 1.807) is 6.07 Å². The topological polar surface area (TPSA) is 132 Å². The number of carbonyl (C=O) groups is 2. The van der Waals surface area contributed by atoms with Crippen LogP contribution in [0.2, 0.25) is 10.0 Å². The van der Waals surface area contributed by atoms with E-state index < -0.39 is 16.7 Å². The van der Waals surface area contributed by atoms with Crippen LogP contribution in [-0.4, -0.2) is 41.2 Å². The first-order valence-electron chi connectivity index (χ1n) is 9.31. The summed E-state index contributed by atoms with van der Waals surface area (Å²) in [6.07, 6.45) is 0. The number of methoxy groups -OCH3 is 2. The first-order chi connectivity index (χ1) is 15.5. The normalized spacial score (nSPS) is 11.2. The zero-order valence-corrected chi connectivity index (χ0v) is 19.6. The molecule has 9 nitrogen and oxygen atoms in total. The Morgan fingerprint density at radius 1 is 1.03 bits per heavy atom. The number of aliphatic hydroxyl groups is 1. The van der Waals surface area contributed by atoms with Gasteiger partial charge >= 0.3 is 11.9 Å². The lowest BCUT2D eigenvalue weighted by Crippen LogP contribution is -2.09. The summed E-state index contributed by atoms with van der Waals surface area (Å²) in [6.45, 7) is 3.04. The van der Waals surface area contributed by atoms with Gasteiger partial charge in [-0.25, -0.2) is 9.59 Å². The van der Waals surface area contributed by atoms with E-state index in [9.17, 15) is 24.8 Å². The first-order valence-corrected chi connectivity index (χ1v) is 10.1. The predicted octanol–water partition coefficient (Wildman–Crippen LogP) is 5.63. The van der Waals surface area contributed by atoms with Crippen molar-refractivity contribution < 1.29 is 29.1 Å². The maximum atomic E-state index is 11.6. The third-order valence-electron chi connectivity index (χ3n) is 4.54. The van der Waals surface area contributed by atoms with Crippen LogP contribution < -0.4 is 0 Å².